The summed E-state index contributed by atoms with van der Waals surface area (Å²) in [6.45, 7) is 4.09. The van der Waals surface area contributed by atoms with E-state index in [1.165, 1.54) is 12.0 Å². The standard InChI is InChI=1S/C22H25ClN2O.C2HF3O2/c23-20-10-8-18(9-11-20)13-22(26)25-15-19-14-24(21(19)16-25)12-4-7-17-5-2-1-3-6-17;3-2(4,5)1(6)7/h1-3,5-6,8-11,19,21H,4,7,12-16H2;(H,6,7). The van der Waals surface area contributed by atoms with E-state index in [1.54, 1.807) is 0 Å². The summed E-state index contributed by atoms with van der Waals surface area (Å²) in [5, 5.41) is 7.84. The molecular weight excluding hydrogens is 457 g/mol. The van der Waals surface area contributed by atoms with Gasteiger partial charge in [-0.05, 0) is 42.6 Å². The molecule has 2 aromatic rings. The third kappa shape index (κ3) is 7.20. The zero-order chi connectivity index (χ0) is 24.0. The van der Waals surface area contributed by atoms with Crippen LogP contribution in [0.4, 0.5) is 13.2 Å². The van der Waals surface area contributed by atoms with E-state index in [1.807, 2.05) is 24.3 Å². The number of nitrogens with zero attached hydrogens (tertiary/aromatic N) is 2. The van der Waals surface area contributed by atoms with Gasteiger partial charge in [-0.1, -0.05) is 54.1 Å². The summed E-state index contributed by atoms with van der Waals surface area (Å²) < 4.78 is 31.7. The molecule has 0 saturated carbocycles. The minimum absolute atomic E-state index is 0.242. The highest BCUT2D eigenvalue weighted by atomic mass is 35.5. The van der Waals surface area contributed by atoms with Crippen molar-refractivity contribution in [2.45, 2.75) is 31.5 Å². The molecule has 1 N–H and O–H groups in total. The van der Waals surface area contributed by atoms with Gasteiger partial charge < -0.3 is 10.0 Å². The van der Waals surface area contributed by atoms with E-state index in [0.717, 1.165) is 38.2 Å². The predicted molar refractivity (Wildman–Crippen MR) is 119 cm³/mol. The quantitative estimate of drug-likeness (QED) is 0.667. The van der Waals surface area contributed by atoms with Crippen LogP contribution in [-0.2, 0) is 22.4 Å². The maximum Gasteiger partial charge on any atom is 0.490 e. The first kappa shape index (κ1) is 25.1. The van der Waals surface area contributed by atoms with Crippen LogP contribution < -0.4 is 0 Å². The number of amides is 1. The van der Waals surface area contributed by atoms with Gasteiger partial charge in [0.1, 0.15) is 0 Å². The number of halogens is 4. The first-order valence-electron chi connectivity index (χ1n) is 10.7. The van der Waals surface area contributed by atoms with E-state index in [-0.39, 0.29) is 5.91 Å². The number of aliphatic carboxylic acids is 1. The topological polar surface area (TPSA) is 60.9 Å². The minimum atomic E-state index is -5.08. The van der Waals surface area contributed by atoms with Gasteiger partial charge in [0.25, 0.3) is 0 Å². The fourth-order valence-corrected chi connectivity index (χ4v) is 4.35. The van der Waals surface area contributed by atoms with Crippen LogP contribution in [0.15, 0.2) is 54.6 Å². The molecule has 2 atom stereocenters. The highest BCUT2D eigenvalue weighted by Crippen LogP contribution is 2.32. The molecule has 0 radical (unpaired) electrons. The highest BCUT2D eigenvalue weighted by molar-refractivity contribution is 6.30. The normalized spacial score (nSPS) is 19.8. The number of benzene rings is 2. The third-order valence-electron chi connectivity index (χ3n) is 5.96. The fraction of sp³-hybridized carbons (Fsp3) is 0.417. The smallest absolute Gasteiger partial charge is 0.475 e. The summed E-state index contributed by atoms with van der Waals surface area (Å²) >= 11 is 5.92. The Morgan fingerprint density at radius 1 is 0.970 bits per heavy atom. The maximum absolute atomic E-state index is 12.6. The van der Waals surface area contributed by atoms with Crippen LogP contribution in [0.5, 0.6) is 0 Å². The number of carboxylic acids is 1. The molecule has 33 heavy (non-hydrogen) atoms. The van der Waals surface area contributed by atoms with Gasteiger partial charge in [0.2, 0.25) is 5.91 Å². The molecule has 2 unspecified atom stereocenters. The molecule has 0 aliphatic carbocycles. The average molecular weight is 483 g/mol. The van der Waals surface area contributed by atoms with Crippen LogP contribution in [0.2, 0.25) is 5.02 Å². The van der Waals surface area contributed by atoms with Crippen molar-refractivity contribution in [2.24, 2.45) is 5.92 Å². The molecule has 0 bridgehead atoms. The lowest BCUT2D eigenvalue weighted by atomic mass is 9.91. The molecule has 2 aliphatic heterocycles. The number of carboxylic acid groups (broad SMARTS) is 1. The Kier molecular flexibility index (Phi) is 8.37. The van der Waals surface area contributed by atoms with E-state index in [0.29, 0.717) is 23.4 Å². The monoisotopic (exact) mass is 482 g/mol. The van der Waals surface area contributed by atoms with Gasteiger partial charge in [0.05, 0.1) is 6.42 Å². The summed E-state index contributed by atoms with van der Waals surface area (Å²) in [5.74, 6) is -1.85. The second kappa shape index (κ2) is 11.0. The second-order valence-corrected chi connectivity index (χ2v) is 8.75. The van der Waals surface area contributed by atoms with Gasteiger partial charge in [-0.2, -0.15) is 13.2 Å². The summed E-state index contributed by atoms with van der Waals surface area (Å²) in [5.41, 5.74) is 2.45. The highest BCUT2D eigenvalue weighted by Gasteiger charge is 2.46. The number of aryl methyl sites for hydroxylation is 1. The Morgan fingerprint density at radius 2 is 1.61 bits per heavy atom. The Bertz CT molecular complexity index is 938. The molecular formula is C24H26ClF3N2O3. The van der Waals surface area contributed by atoms with E-state index >= 15 is 0 Å². The van der Waals surface area contributed by atoms with Gasteiger partial charge in [-0.3, -0.25) is 9.69 Å². The van der Waals surface area contributed by atoms with Gasteiger partial charge in [-0.15, -0.1) is 0 Å². The van der Waals surface area contributed by atoms with Crippen LogP contribution in [0, 0.1) is 5.92 Å². The van der Waals surface area contributed by atoms with Crippen molar-refractivity contribution in [3.8, 4) is 0 Å². The Hall–Kier alpha value is -2.58. The van der Waals surface area contributed by atoms with E-state index in [2.05, 4.69) is 40.1 Å². The van der Waals surface area contributed by atoms with Crippen molar-refractivity contribution in [2.75, 3.05) is 26.2 Å². The molecule has 2 heterocycles. The third-order valence-corrected chi connectivity index (χ3v) is 6.21. The van der Waals surface area contributed by atoms with Crippen molar-refractivity contribution in [3.05, 3.63) is 70.7 Å². The lowest BCUT2D eigenvalue weighted by Gasteiger charge is -2.43. The summed E-state index contributed by atoms with van der Waals surface area (Å²) in [4.78, 5) is 26.1. The molecule has 0 spiro atoms. The predicted octanol–water partition coefficient (Wildman–Crippen LogP) is 4.29. The van der Waals surface area contributed by atoms with E-state index in [9.17, 15) is 18.0 Å². The first-order valence-corrected chi connectivity index (χ1v) is 11.1. The van der Waals surface area contributed by atoms with Gasteiger partial charge in [-0.25, -0.2) is 4.79 Å². The average Bonchev–Trinajstić information content (AvgIpc) is 3.10. The fourth-order valence-electron chi connectivity index (χ4n) is 4.23. The molecule has 2 saturated heterocycles. The molecule has 2 aromatic carbocycles. The van der Waals surface area contributed by atoms with Crippen molar-refractivity contribution in [1.82, 2.24) is 9.80 Å². The van der Waals surface area contributed by atoms with Crippen molar-refractivity contribution >= 4 is 23.5 Å². The largest absolute Gasteiger partial charge is 0.490 e. The van der Waals surface area contributed by atoms with Crippen LogP contribution in [0.1, 0.15) is 17.5 Å². The number of hydrogen-bond acceptors (Lipinski definition) is 3. The molecule has 178 valence electrons. The molecule has 5 nitrogen and oxygen atoms in total. The number of carbonyl (C=O) groups excluding carboxylic acids is 1. The molecule has 4 rings (SSSR count). The Balaban J connectivity index is 0.000000383. The maximum atomic E-state index is 12.6. The van der Waals surface area contributed by atoms with E-state index in [4.69, 9.17) is 21.5 Å². The number of likely N-dealkylation sites (tertiary alicyclic amines) is 2. The summed E-state index contributed by atoms with van der Waals surface area (Å²) in [6, 6.07) is 18.8. The minimum Gasteiger partial charge on any atom is -0.475 e. The number of fused-ring (bicyclic) bond motifs is 1. The van der Waals surface area contributed by atoms with E-state index < -0.39 is 12.1 Å². The second-order valence-electron chi connectivity index (χ2n) is 8.32. The lowest BCUT2D eigenvalue weighted by Crippen LogP contribution is -2.55. The molecule has 0 aromatic heterocycles. The number of rotatable bonds is 6. The van der Waals surface area contributed by atoms with Crippen LogP contribution in [0.3, 0.4) is 0 Å². The molecule has 1 amide bonds. The molecule has 2 fully saturated rings. The van der Waals surface area contributed by atoms with Gasteiger partial charge >= 0.3 is 12.1 Å². The van der Waals surface area contributed by atoms with Crippen LogP contribution in [0.25, 0.3) is 0 Å². The van der Waals surface area contributed by atoms with Gasteiger partial charge in [0.15, 0.2) is 0 Å². The molecule has 2 aliphatic rings. The van der Waals surface area contributed by atoms with Crippen molar-refractivity contribution in [1.29, 1.82) is 0 Å². The molecule has 9 heteroatoms. The summed E-state index contributed by atoms with van der Waals surface area (Å²) in [7, 11) is 0. The first-order chi connectivity index (χ1) is 15.6. The Morgan fingerprint density at radius 3 is 2.21 bits per heavy atom. The van der Waals surface area contributed by atoms with Gasteiger partial charge in [0, 0.05) is 36.6 Å². The van der Waals surface area contributed by atoms with Crippen molar-refractivity contribution < 1.29 is 27.9 Å². The van der Waals surface area contributed by atoms with Crippen LogP contribution >= 0.6 is 11.6 Å². The Labute approximate surface area is 195 Å². The lowest BCUT2D eigenvalue weighted by molar-refractivity contribution is -0.192. The SMILES string of the molecule is O=C(Cc1ccc(Cl)cc1)N1CC2CN(CCCc3ccccc3)C2C1.O=C(O)C(F)(F)F. The number of alkyl halides is 3. The summed E-state index contributed by atoms with van der Waals surface area (Å²) in [6.07, 6.45) is -2.29. The zero-order valence-corrected chi connectivity index (χ0v) is 18.7. The van der Waals surface area contributed by atoms with Crippen molar-refractivity contribution in [3.63, 3.8) is 0 Å². The number of carbonyl (C=O) groups is 2. The zero-order valence-electron chi connectivity index (χ0n) is 18.0. The number of hydrogen-bond donors (Lipinski definition) is 1. The van der Waals surface area contributed by atoms with Crippen LogP contribution in [-0.4, -0.2) is 65.2 Å².